The number of rotatable bonds is 7. The standard InChI is InChI=1S/C24H30N2O4S/c1-31(27,28)26-12-11-21-18-24(10-8-22(21)19-26)30-15-3-5-20-4-2-6-23(9-7-20)25-13-16-29-17-14-25/h4,6-10,18H,3,5,11-17,19H2,1H3. The molecule has 1 aromatic carbocycles. The molecule has 1 aliphatic carbocycles. The van der Waals surface area contributed by atoms with Crippen LogP contribution < -0.4 is 4.74 Å². The number of fused-ring (bicyclic) bond motifs is 1. The van der Waals surface area contributed by atoms with Crippen molar-refractivity contribution in [3.8, 4) is 5.75 Å². The predicted octanol–water partition coefficient (Wildman–Crippen LogP) is 3.03. The second-order valence-electron chi connectivity index (χ2n) is 8.12. The van der Waals surface area contributed by atoms with Crippen molar-refractivity contribution in [3.05, 3.63) is 70.6 Å². The largest absolute Gasteiger partial charge is 0.494 e. The van der Waals surface area contributed by atoms with Crippen molar-refractivity contribution in [1.82, 2.24) is 9.21 Å². The molecule has 0 amide bonds. The molecular weight excluding hydrogens is 412 g/mol. The number of sulfonamides is 1. The highest BCUT2D eigenvalue weighted by molar-refractivity contribution is 7.88. The minimum Gasteiger partial charge on any atom is -0.494 e. The van der Waals surface area contributed by atoms with Crippen LogP contribution in [0.3, 0.4) is 0 Å². The van der Waals surface area contributed by atoms with Crippen LogP contribution in [-0.2, 0) is 27.7 Å². The highest BCUT2D eigenvalue weighted by atomic mass is 32.2. The Kier molecular flexibility index (Phi) is 6.98. The van der Waals surface area contributed by atoms with Crippen LogP contribution in [-0.4, -0.2) is 63.3 Å². The number of ether oxygens (including phenoxy) is 2. The fourth-order valence-corrected chi connectivity index (χ4v) is 4.84. The van der Waals surface area contributed by atoms with E-state index in [1.807, 2.05) is 18.2 Å². The second kappa shape index (κ2) is 9.88. The SMILES string of the molecule is CS(=O)(=O)N1CCc2cc(OCCCC3=CC=C(N4CCOCC4)C=C=C3)ccc2C1. The van der Waals surface area contributed by atoms with Gasteiger partial charge in [-0.1, -0.05) is 12.1 Å². The van der Waals surface area contributed by atoms with Gasteiger partial charge in [0.1, 0.15) is 5.75 Å². The van der Waals surface area contributed by atoms with Crippen LogP contribution in [0.15, 0.2) is 59.5 Å². The molecule has 166 valence electrons. The number of morpholine rings is 1. The monoisotopic (exact) mass is 442 g/mol. The van der Waals surface area contributed by atoms with Gasteiger partial charge in [0.05, 0.1) is 26.1 Å². The fraction of sp³-hybridized carbons (Fsp3) is 0.458. The van der Waals surface area contributed by atoms with Gasteiger partial charge in [0.2, 0.25) is 10.0 Å². The maximum atomic E-state index is 11.8. The molecule has 0 aromatic heterocycles. The molecule has 0 radical (unpaired) electrons. The summed E-state index contributed by atoms with van der Waals surface area (Å²) < 4.78 is 36.4. The first kappa shape index (κ1) is 21.9. The van der Waals surface area contributed by atoms with Gasteiger partial charge >= 0.3 is 0 Å². The first-order valence-electron chi connectivity index (χ1n) is 10.8. The van der Waals surface area contributed by atoms with Crippen LogP contribution in [0.5, 0.6) is 5.75 Å². The van der Waals surface area contributed by atoms with Gasteiger partial charge in [0.25, 0.3) is 0 Å². The Morgan fingerprint density at radius 1 is 1.10 bits per heavy atom. The Labute approximate surface area is 185 Å². The van der Waals surface area contributed by atoms with E-state index < -0.39 is 10.0 Å². The summed E-state index contributed by atoms with van der Waals surface area (Å²) in [6, 6.07) is 5.98. The number of hydrogen-bond donors (Lipinski definition) is 0. The molecule has 0 spiro atoms. The molecule has 2 aliphatic heterocycles. The molecule has 1 saturated heterocycles. The van der Waals surface area contributed by atoms with Crippen LogP contribution >= 0.6 is 0 Å². The molecule has 6 nitrogen and oxygen atoms in total. The van der Waals surface area contributed by atoms with Crippen molar-refractivity contribution in [3.63, 3.8) is 0 Å². The van der Waals surface area contributed by atoms with Gasteiger partial charge in [-0.15, -0.1) is 5.73 Å². The molecule has 3 aliphatic rings. The third-order valence-electron chi connectivity index (χ3n) is 5.85. The highest BCUT2D eigenvalue weighted by Crippen LogP contribution is 2.25. The lowest BCUT2D eigenvalue weighted by molar-refractivity contribution is 0.0554. The van der Waals surface area contributed by atoms with Crippen LogP contribution in [0, 0.1) is 0 Å². The van der Waals surface area contributed by atoms with Gasteiger partial charge in [-0.3, -0.25) is 0 Å². The van der Waals surface area contributed by atoms with Crippen LogP contribution in [0.2, 0.25) is 0 Å². The average molecular weight is 443 g/mol. The maximum absolute atomic E-state index is 11.8. The molecule has 0 unspecified atom stereocenters. The Bertz CT molecular complexity index is 1030. The Morgan fingerprint density at radius 3 is 2.74 bits per heavy atom. The van der Waals surface area contributed by atoms with Gasteiger partial charge in [-0.2, -0.15) is 4.31 Å². The summed E-state index contributed by atoms with van der Waals surface area (Å²) in [7, 11) is -3.15. The minimum atomic E-state index is -3.15. The quantitative estimate of drug-likeness (QED) is 0.480. The van der Waals surface area contributed by atoms with E-state index >= 15 is 0 Å². The normalized spacial score (nSPS) is 19.5. The smallest absolute Gasteiger partial charge is 0.211 e. The van der Waals surface area contributed by atoms with E-state index in [4.69, 9.17) is 9.47 Å². The van der Waals surface area contributed by atoms with Crippen LogP contribution in [0.4, 0.5) is 0 Å². The number of benzene rings is 1. The van der Waals surface area contributed by atoms with E-state index in [-0.39, 0.29) is 0 Å². The highest BCUT2D eigenvalue weighted by Gasteiger charge is 2.23. The zero-order valence-corrected chi connectivity index (χ0v) is 18.9. The zero-order chi connectivity index (χ0) is 21.7. The van der Waals surface area contributed by atoms with Gasteiger partial charge in [-0.25, -0.2) is 8.42 Å². The third-order valence-corrected chi connectivity index (χ3v) is 7.10. The summed E-state index contributed by atoms with van der Waals surface area (Å²) in [5, 5.41) is 0. The van der Waals surface area contributed by atoms with Crippen molar-refractivity contribution in [1.29, 1.82) is 0 Å². The Morgan fingerprint density at radius 2 is 1.94 bits per heavy atom. The molecule has 0 saturated carbocycles. The molecule has 7 heteroatoms. The molecule has 31 heavy (non-hydrogen) atoms. The van der Waals surface area contributed by atoms with E-state index in [1.54, 1.807) is 0 Å². The third kappa shape index (κ3) is 5.89. The van der Waals surface area contributed by atoms with E-state index in [0.29, 0.717) is 19.7 Å². The van der Waals surface area contributed by atoms with E-state index in [2.05, 4.69) is 34.9 Å². The second-order valence-corrected chi connectivity index (χ2v) is 10.1. The topological polar surface area (TPSA) is 59.1 Å². The van der Waals surface area contributed by atoms with Crippen molar-refractivity contribution < 1.29 is 17.9 Å². The number of nitrogens with zero attached hydrogens (tertiary/aromatic N) is 2. The van der Waals surface area contributed by atoms with Crippen molar-refractivity contribution in [2.45, 2.75) is 25.8 Å². The van der Waals surface area contributed by atoms with Gasteiger partial charge in [0.15, 0.2) is 0 Å². The summed E-state index contributed by atoms with van der Waals surface area (Å²) >= 11 is 0. The summed E-state index contributed by atoms with van der Waals surface area (Å²) in [4.78, 5) is 2.33. The number of allylic oxidation sites excluding steroid dienone is 4. The van der Waals surface area contributed by atoms with E-state index in [1.165, 1.54) is 27.4 Å². The average Bonchev–Trinajstić information content (AvgIpc) is 3.02. The van der Waals surface area contributed by atoms with Crippen molar-refractivity contribution in [2.24, 2.45) is 0 Å². The van der Waals surface area contributed by atoms with Crippen LogP contribution in [0.25, 0.3) is 0 Å². The lowest BCUT2D eigenvalue weighted by Gasteiger charge is -2.29. The van der Waals surface area contributed by atoms with E-state index in [0.717, 1.165) is 56.9 Å². The summed E-state index contributed by atoms with van der Waals surface area (Å²) in [6.45, 7) is 5.03. The Hall–Kier alpha value is -2.31. The molecule has 1 aromatic rings. The molecule has 0 N–H and O–H groups in total. The van der Waals surface area contributed by atoms with E-state index in [9.17, 15) is 8.42 Å². The lowest BCUT2D eigenvalue weighted by Crippen LogP contribution is -2.35. The summed E-state index contributed by atoms with van der Waals surface area (Å²) in [6.07, 6.45) is 12.3. The molecule has 1 fully saturated rings. The fourth-order valence-electron chi connectivity index (χ4n) is 4.04. The molecule has 0 bridgehead atoms. The molecular formula is C24H30N2O4S. The maximum Gasteiger partial charge on any atom is 0.211 e. The van der Waals surface area contributed by atoms with Gasteiger partial charge in [-0.05, 0) is 60.2 Å². The zero-order valence-electron chi connectivity index (χ0n) is 18.0. The minimum absolute atomic E-state index is 0.447. The number of hydrogen-bond acceptors (Lipinski definition) is 5. The lowest BCUT2D eigenvalue weighted by atomic mass is 10.0. The summed E-state index contributed by atoms with van der Waals surface area (Å²) in [5.74, 6) is 0.853. The van der Waals surface area contributed by atoms with Gasteiger partial charge < -0.3 is 14.4 Å². The van der Waals surface area contributed by atoms with Crippen LogP contribution in [0.1, 0.15) is 24.0 Å². The van der Waals surface area contributed by atoms with Gasteiger partial charge in [0, 0.05) is 38.0 Å². The summed E-state index contributed by atoms with van der Waals surface area (Å²) in [5.41, 5.74) is 7.97. The van der Waals surface area contributed by atoms with Crippen molar-refractivity contribution >= 4 is 10.0 Å². The molecule has 2 heterocycles. The Balaban J connectivity index is 1.26. The molecule has 0 atom stereocenters. The van der Waals surface area contributed by atoms with Crippen molar-refractivity contribution in [2.75, 3.05) is 45.7 Å². The first-order chi connectivity index (χ1) is 15.0. The predicted molar refractivity (Wildman–Crippen MR) is 121 cm³/mol. The molecule has 4 rings (SSSR count). The first-order valence-corrected chi connectivity index (χ1v) is 12.7.